The predicted molar refractivity (Wildman–Crippen MR) is 106 cm³/mol. The van der Waals surface area contributed by atoms with E-state index in [-0.39, 0.29) is 22.2 Å². The fraction of sp³-hybridized carbons (Fsp3) is 0.316. The van der Waals surface area contributed by atoms with Crippen molar-refractivity contribution in [1.29, 1.82) is 0 Å². The number of anilines is 1. The van der Waals surface area contributed by atoms with Crippen molar-refractivity contribution in [2.75, 3.05) is 18.4 Å². The fourth-order valence-corrected chi connectivity index (χ4v) is 3.56. The van der Waals surface area contributed by atoms with Crippen LogP contribution in [-0.4, -0.2) is 34.4 Å². The molecule has 1 saturated heterocycles. The topological polar surface area (TPSA) is 71.4 Å². The van der Waals surface area contributed by atoms with Crippen molar-refractivity contribution >= 4 is 40.7 Å². The van der Waals surface area contributed by atoms with Crippen molar-refractivity contribution in [1.82, 2.24) is 9.47 Å². The van der Waals surface area contributed by atoms with Crippen molar-refractivity contribution in [3.63, 3.8) is 0 Å². The number of hydrogen-bond acceptors (Lipinski definition) is 3. The molecule has 1 aromatic carbocycles. The van der Waals surface area contributed by atoms with Crippen LogP contribution in [0, 0.1) is 0 Å². The highest BCUT2D eigenvalue weighted by Crippen LogP contribution is 2.22. The Morgan fingerprint density at radius 2 is 1.78 bits per heavy atom. The van der Waals surface area contributed by atoms with Gasteiger partial charge in [-0.15, -0.1) is 0 Å². The van der Waals surface area contributed by atoms with Gasteiger partial charge in [0.05, 0.1) is 16.1 Å². The number of benzene rings is 1. The molecule has 0 aliphatic carbocycles. The number of nitrogens with zero attached hydrogens (tertiary/aromatic N) is 2. The van der Waals surface area contributed by atoms with Crippen LogP contribution in [0.1, 0.15) is 40.0 Å². The van der Waals surface area contributed by atoms with Gasteiger partial charge in [0, 0.05) is 31.4 Å². The van der Waals surface area contributed by atoms with E-state index in [0.29, 0.717) is 23.7 Å². The molecule has 0 spiro atoms. The van der Waals surface area contributed by atoms with E-state index in [1.807, 2.05) is 0 Å². The van der Waals surface area contributed by atoms with Gasteiger partial charge in [-0.05, 0) is 43.5 Å². The quantitative estimate of drug-likeness (QED) is 0.844. The molecule has 0 unspecified atom stereocenters. The third-order valence-electron chi connectivity index (χ3n) is 4.50. The molecule has 142 valence electrons. The first kappa shape index (κ1) is 19.5. The molecule has 1 aliphatic heterocycles. The Balaban J connectivity index is 1.88. The molecule has 1 fully saturated rings. The number of amides is 2. The minimum absolute atomic E-state index is 0.0244. The smallest absolute Gasteiger partial charge is 0.274 e. The molecule has 27 heavy (non-hydrogen) atoms. The van der Waals surface area contributed by atoms with Crippen LogP contribution < -0.4 is 10.9 Å². The van der Waals surface area contributed by atoms with Crippen LogP contribution >= 0.6 is 23.2 Å². The van der Waals surface area contributed by atoms with Crippen LogP contribution in [0.15, 0.2) is 35.3 Å². The van der Waals surface area contributed by atoms with Gasteiger partial charge in [-0.3, -0.25) is 14.4 Å². The number of aromatic nitrogens is 1. The van der Waals surface area contributed by atoms with Gasteiger partial charge >= 0.3 is 0 Å². The summed E-state index contributed by atoms with van der Waals surface area (Å²) >= 11 is 11.9. The van der Waals surface area contributed by atoms with E-state index in [1.54, 1.807) is 11.9 Å². The number of carbonyl (C=O) groups excluding carboxylic acids is 2. The SMILES string of the molecule is Cn1cc(C(=O)N2CCCCC2)cc(NC(=O)c2ccc(Cl)cc2Cl)c1=O. The highest BCUT2D eigenvalue weighted by atomic mass is 35.5. The lowest BCUT2D eigenvalue weighted by Gasteiger charge is -2.27. The summed E-state index contributed by atoms with van der Waals surface area (Å²) < 4.78 is 1.29. The molecule has 1 aromatic heterocycles. The number of piperidine rings is 1. The molecule has 2 amide bonds. The Labute approximate surface area is 166 Å². The number of nitrogens with one attached hydrogen (secondary N) is 1. The molecule has 8 heteroatoms. The molecule has 2 aromatic rings. The zero-order valence-electron chi connectivity index (χ0n) is 14.8. The van der Waals surface area contributed by atoms with Crippen LogP contribution in [0.4, 0.5) is 5.69 Å². The Hall–Kier alpha value is -2.31. The van der Waals surface area contributed by atoms with Gasteiger partial charge in [0.25, 0.3) is 17.4 Å². The first-order chi connectivity index (χ1) is 12.9. The maximum atomic E-state index is 12.7. The van der Waals surface area contributed by atoms with Gasteiger partial charge in [0.2, 0.25) is 0 Å². The molecule has 0 bridgehead atoms. The molecule has 3 rings (SSSR count). The lowest BCUT2D eigenvalue weighted by Crippen LogP contribution is -2.36. The van der Waals surface area contributed by atoms with Crippen LogP contribution in [0.2, 0.25) is 10.0 Å². The maximum Gasteiger partial charge on any atom is 0.274 e. The van der Waals surface area contributed by atoms with E-state index >= 15 is 0 Å². The molecule has 0 atom stereocenters. The van der Waals surface area contributed by atoms with Gasteiger partial charge in [0.1, 0.15) is 5.69 Å². The number of rotatable bonds is 3. The van der Waals surface area contributed by atoms with Gasteiger partial charge < -0.3 is 14.8 Å². The number of hydrogen-bond donors (Lipinski definition) is 1. The maximum absolute atomic E-state index is 12.7. The van der Waals surface area contributed by atoms with Crippen molar-refractivity contribution in [3.05, 3.63) is 62.0 Å². The number of likely N-dealkylation sites (tertiary alicyclic amines) is 1. The second-order valence-electron chi connectivity index (χ2n) is 6.49. The number of carbonyl (C=O) groups is 2. The summed E-state index contributed by atoms with van der Waals surface area (Å²) in [5, 5.41) is 3.14. The zero-order chi connectivity index (χ0) is 19.6. The van der Waals surface area contributed by atoms with Crippen LogP contribution in [0.5, 0.6) is 0 Å². The predicted octanol–water partition coefficient (Wildman–Crippen LogP) is 3.57. The molecular weight excluding hydrogens is 389 g/mol. The third-order valence-corrected chi connectivity index (χ3v) is 5.05. The highest BCUT2D eigenvalue weighted by Gasteiger charge is 2.21. The Kier molecular flexibility index (Phi) is 5.87. The number of halogens is 2. The van der Waals surface area contributed by atoms with Gasteiger partial charge in [-0.25, -0.2) is 0 Å². The number of aryl methyl sites for hydroxylation is 1. The van der Waals surface area contributed by atoms with Gasteiger partial charge in [-0.1, -0.05) is 23.2 Å². The second kappa shape index (κ2) is 8.15. The van der Waals surface area contributed by atoms with Gasteiger partial charge in [0.15, 0.2) is 0 Å². The van der Waals surface area contributed by atoms with E-state index in [4.69, 9.17) is 23.2 Å². The zero-order valence-corrected chi connectivity index (χ0v) is 16.3. The van der Waals surface area contributed by atoms with Crippen molar-refractivity contribution in [2.24, 2.45) is 7.05 Å². The Bertz CT molecular complexity index is 950. The van der Waals surface area contributed by atoms with Gasteiger partial charge in [-0.2, -0.15) is 0 Å². The second-order valence-corrected chi connectivity index (χ2v) is 7.33. The largest absolute Gasteiger partial charge is 0.339 e. The van der Waals surface area contributed by atoms with Crippen LogP contribution in [0.3, 0.4) is 0 Å². The summed E-state index contributed by atoms with van der Waals surface area (Å²) in [7, 11) is 1.54. The fourth-order valence-electron chi connectivity index (χ4n) is 3.06. The van der Waals surface area contributed by atoms with Crippen molar-refractivity contribution in [2.45, 2.75) is 19.3 Å². The summed E-state index contributed by atoms with van der Waals surface area (Å²) in [5.74, 6) is -0.693. The third kappa shape index (κ3) is 4.34. The molecule has 1 aliphatic rings. The summed E-state index contributed by atoms with van der Waals surface area (Å²) in [6, 6.07) is 5.89. The first-order valence-corrected chi connectivity index (χ1v) is 9.39. The van der Waals surface area contributed by atoms with Crippen LogP contribution in [-0.2, 0) is 7.05 Å². The van der Waals surface area contributed by atoms with Crippen molar-refractivity contribution in [3.8, 4) is 0 Å². The minimum Gasteiger partial charge on any atom is -0.339 e. The van der Waals surface area contributed by atoms with E-state index in [0.717, 1.165) is 19.3 Å². The molecule has 0 radical (unpaired) electrons. The normalized spacial score (nSPS) is 14.1. The van der Waals surface area contributed by atoms with Crippen LogP contribution in [0.25, 0.3) is 0 Å². The van der Waals surface area contributed by atoms with E-state index < -0.39 is 11.5 Å². The number of pyridine rings is 1. The molecule has 0 saturated carbocycles. The highest BCUT2D eigenvalue weighted by molar-refractivity contribution is 6.37. The molecule has 6 nitrogen and oxygen atoms in total. The standard InChI is InChI=1S/C19H19Cl2N3O3/c1-23-11-12(18(26)24-7-3-2-4-8-24)9-16(19(23)27)22-17(25)14-6-5-13(20)10-15(14)21/h5-6,9-11H,2-4,7-8H2,1H3,(H,22,25). The van der Waals surface area contributed by atoms with E-state index in [1.165, 1.54) is 35.0 Å². The Morgan fingerprint density at radius 1 is 1.07 bits per heavy atom. The average Bonchev–Trinajstić information content (AvgIpc) is 2.65. The monoisotopic (exact) mass is 407 g/mol. The molecular formula is C19H19Cl2N3O3. The lowest BCUT2D eigenvalue weighted by atomic mass is 10.1. The first-order valence-electron chi connectivity index (χ1n) is 8.63. The summed E-state index contributed by atoms with van der Waals surface area (Å²) in [6.45, 7) is 1.40. The van der Waals surface area contributed by atoms with Crippen molar-refractivity contribution < 1.29 is 9.59 Å². The summed E-state index contributed by atoms with van der Waals surface area (Å²) in [4.78, 5) is 39.4. The average molecular weight is 408 g/mol. The Morgan fingerprint density at radius 3 is 2.44 bits per heavy atom. The summed E-state index contributed by atoms with van der Waals surface area (Å²) in [5.41, 5.74) is 0.160. The molecule has 1 N–H and O–H groups in total. The molecule has 2 heterocycles. The summed E-state index contributed by atoms with van der Waals surface area (Å²) in [6.07, 6.45) is 4.54. The van der Waals surface area contributed by atoms with E-state index in [9.17, 15) is 14.4 Å². The minimum atomic E-state index is -0.545. The van der Waals surface area contributed by atoms with E-state index in [2.05, 4.69) is 5.32 Å². The lowest BCUT2D eigenvalue weighted by molar-refractivity contribution is 0.0723.